The normalized spacial score (nSPS) is 20.2. The topological polar surface area (TPSA) is 85.4 Å². The van der Waals surface area contributed by atoms with Gasteiger partial charge in [-0.3, -0.25) is 4.79 Å². The molecule has 172 valence electrons. The molecule has 5 rings (SSSR count). The number of ether oxygens (including phenoxy) is 1. The number of anilines is 1. The van der Waals surface area contributed by atoms with Gasteiger partial charge in [0.2, 0.25) is 0 Å². The van der Waals surface area contributed by atoms with E-state index in [1.54, 1.807) is 30.1 Å². The van der Waals surface area contributed by atoms with Crippen LogP contribution in [-0.4, -0.2) is 46.0 Å². The number of methoxy groups -OCH3 is 1. The highest BCUT2D eigenvalue weighted by molar-refractivity contribution is 6.42. The van der Waals surface area contributed by atoms with Crippen molar-refractivity contribution in [3.63, 3.8) is 0 Å². The lowest BCUT2D eigenvalue weighted by atomic mass is 9.93. The molecule has 8 nitrogen and oxygen atoms in total. The summed E-state index contributed by atoms with van der Waals surface area (Å²) in [5.74, 6) is 1.35. The zero-order valence-electron chi connectivity index (χ0n) is 18.2. The number of amides is 1. The van der Waals surface area contributed by atoms with Gasteiger partial charge in [0.15, 0.2) is 5.76 Å². The second-order valence-corrected chi connectivity index (χ2v) is 9.03. The van der Waals surface area contributed by atoms with E-state index >= 15 is 0 Å². The molecule has 3 aromatic rings. The van der Waals surface area contributed by atoms with Gasteiger partial charge in [-0.2, -0.15) is 5.10 Å². The maximum atomic E-state index is 14.2. The predicted molar refractivity (Wildman–Crippen MR) is 124 cm³/mol. The number of likely N-dealkylation sites (tertiary alicyclic amines) is 1. The van der Waals surface area contributed by atoms with E-state index in [0.717, 1.165) is 29.9 Å². The van der Waals surface area contributed by atoms with Crippen molar-refractivity contribution in [1.29, 1.82) is 0 Å². The first-order valence-corrected chi connectivity index (χ1v) is 11.4. The first-order chi connectivity index (χ1) is 16.0. The second-order valence-electron chi connectivity index (χ2n) is 8.21. The second kappa shape index (κ2) is 8.85. The lowest BCUT2D eigenvalue weighted by Crippen LogP contribution is -2.39. The summed E-state index contributed by atoms with van der Waals surface area (Å²) >= 11 is 12.5. The molecule has 0 saturated carbocycles. The highest BCUT2D eigenvalue weighted by Gasteiger charge is 2.40. The molecule has 0 aliphatic carbocycles. The third-order valence-corrected chi connectivity index (χ3v) is 6.80. The Balaban J connectivity index is 1.62. The van der Waals surface area contributed by atoms with Gasteiger partial charge in [-0.1, -0.05) is 34.4 Å². The van der Waals surface area contributed by atoms with Crippen molar-refractivity contribution in [2.45, 2.75) is 31.8 Å². The summed E-state index contributed by atoms with van der Waals surface area (Å²) in [7, 11) is 1.60. The van der Waals surface area contributed by atoms with Crippen molar-refractivity contribution >= 4 is 34.9 Å². The van der Waals surface area contributed by atoms with Crippen molar-refractivity contribution in [3.8, 4) is 0 Å². The maximum absolute atomic E-state index is 14.2. The Morgan fingerprint density at radius 2 is 2.12 bits per heavy atom. The summed E-state index contributed by atoms with van der Waals surface area (Å²) in [4.78, 5) is 16.0. The van der Waals surface area contributed by atoms with Crippen molar-refractivity contribution in [3.05, 3.63) is 74.9 Å². The van der Waals surface area contributed by atoms with Crippen LogP contribution in [0.5, 0.6) is 0 Å². The molecule has 0 unspecified atom stereocenters. The van der Waals surface area contributed by atoms with E-state index in [1.165, 1.54) is 0 Å². The van der Waals surface area contributed by atoms with Crippen LogP contribution < -0.4 is 5.32 Å². The summed E-state index contributed by atoms with van der Waals surface area (Å²) in [5.41, 5.74) is 2.83. The Bertz CT molecular complexity index is 1230. The Labute approximate surface area is 201 Å². The Morgan fingerprint density at radius 3 is 2.85 bits per heavy atom. The molecule has 1 aromatic carbocycles. The number of aromatic nitrogens is 3. The van der Waals surface area contributed by atoms with Gasteiger partial charge in [0.05, 0.1) is 45.9 Å². The number of hydrogen-bond donors (Lipinski definition) is 1. The minimum Gasteiger partial charge on any atom is -0.378 e. The number of halogens is 2. The fourth-order valence-corrected chi connectivity index (χ4v) is 4.93. The van der Waals surface area contributed by atoms with E-state index in [2.05, 4.69) is 15.6 Å². The molecule has 2 aliphatic heterocycles. The molecule has 0 bridgehead atoms. The number of rotatable bonds is 5. The van der Waals surface area contributed by atoms with Crippen LogP contribution in [0.2, 0.25) is 10.0 Å². The molecule has 0 spiro atoms. The van der Waals surface area contributed by atoms with Gasteiger partial charge in [-0.15, -0.1) is 0 Å². The Hall–Kier alpha value is -2.81. The fourth-order valence-electron chi connectivity index (χ4n) is 4.62. The molecule has 4 heterocycles. The molecule has 10 heteroatoms. The third kappa shape index (κ3) is 3.92. The van der Waals surface area contributed by atoms with Gasteiger partial charge in [-0.25, -0.2) is 4.68 Å². The summed E-state index contributed by atoms with van der Waals surface area (Å²) in [6.07, 6.45) is 3.38. The zero-order valence-corrected chi connectivity index (χ0v) is 19.7. The van der Waals surface area contributed by atoms with Gasteiger partial charge in [0.1, 0.15) is 11.9 Å². The van der Waals surface area contributed by atoms with Crippen LogP contribution >= 0.6 is 23.2 Å². The summed E-state index contributed by atoms with van der Waals surface area (Å²) in [6, 6.07) is 8.46. The minimum absolute atomic E-state index is 0.108. The smallest absolute Gasteiger partial charge is 0.254 e. The molecule has 0 radical (unpaired) electrons. The standard InChI is InChI=1S/C23H23Cl2N5O3/c1-13-10-19(33-28-13)18-4-3-9-29(18)23(31)21-17(12-32-2)27-20-7-8-26-30(20)22(21)14-5-6-15(24)16(25)11-14/h5-8,10-11,18,22,27H,3-4,9,12H2,1-2H3/t18-,22-/m0/s1. The molecule has 1 fully saturated rings. The van der Waals surface area contributed by atoms with E-state index < -0.39 is 6.04 Å². The Morgan fingerprint density at radius 1 is 1.27 bits per heavy atom. The van der Waals surface area contributed by atoms with Crippen LogP contribution in [0.25, 0.3) is 0 Å². The molecule has 2 atom stereocenters. The highest BCUT2D eigenvalue weighted by atomic mass is 35.5. The van der Waals surface area contributed by atoms with E-state index in [4.69, 9.17) is 32.5 Å². The van der Waals surface area contributed by atoms with E-state index in [1.807, 2.05) is 30.0 Å². The first-order valence-electron chi connectivity index (χ1n) is 10.7. The number of fused-ring (bicyclic) bond motifs is 1. The number of carbonyl (C=O) groups is 1. The molecule has 2 aliphatic rings. The van der Waals surface area contributed by atoms with Crippen LogP contribution in [0, 0.1) is 6.92 Å². The van der Waals surface area contributed by atoms with Gasteiger partial charge >= 0.3 is 0 Å². The molecule has 1 N–H and O–H groups in total. The average molecular weight is 488 g/mol. The van der Waals surface area contributed by atoms with Gasteiger partial charge in [0.25, 0.3) is 5.91 Å². The van der Waals surface area contributed by atoms with Crippen LogP contribution in [0.15, 0.2) is 52.3 Å². The van der Waals surface area contributed by atoms with Crippen LogP contribution in [0.3, 0.4) is 0 Å². The SMILES string of the molecule is COCC1=C(C(=O)N2CCC[C@H]2c2cc(C)no2)[C@H](c2ccc(Cl)c(Cl)c2)n2nccc2N1. The number of nitrogens with one attached hydrogen (secondary N) is 1. The van der Waals surface area contributed by atoms with Gasteiger partial charge in [-0.05, 0) is 37.5 Å². The Kier molecular flexibility index (Phi) is 5.90. The maximum Gasteiger partial charge on any atom is 0.254 e. The third-order valence-electron chi connectivity index (χ3n) is 6.06. The molecular formula is C23H23Cl2N5O3. The van der Waals surface area contributed by atoms with Crippen LogP contribution in [-0.2, 0) is 9.53 Å². The van der Waals surface area contributed by atoms with Crippen molar-refractivity contribution in [1.82, 2.24) is 19.8 Å². The monoisotopic (exact) mass is 487 g/mol. The predicted octanol–water partition coefficient (Wildman–Crippen LogP) is 4.77. The summed E-state index contributed by atoms with van der Waals surface area (Å²) in [5, 5.41) is 12.7. The minimum atomic E-state index is -0.499. The van der Waals surface area contributed by atoms with Crippen molar-refractivity contribution in [2.24, 2.45) is 0 Å². The molecule has 1 amide bonds. The summed E-state index contributed by atoms with van der Waals surface area (Å²) < 4.78 is 12.8. The molecular weight excluding hydrogens is 465 g/mol. The largest absolute Gasteiger partial charge is 0.378 e. The van der Waals surface area contributed by atoms with Crippen molar-refractivity contribution in [2.75, 3.05) is 25.6 Å². The first kappa shape index (κ1) is 22.0. The van der Waals surface area contributed by atoms with E-state index in [9.17, 15) is 4.79 Å². The number of hydrogen-bond acceptors (Lipinski definition) is 6. The van der Waals surface area contributed by atoms with E-state index in [-0.39, 0.29) is 18.6 Å². The molecule has 33 heavy (non-hydrogen) atoms. The zero-order chi connectivity index (χ0) is 23.1. The summed E-state index contributed by atoms with van der Waals surface area (Å²) in [6.45, 7) is 2.73. The molecule has 1 saturated heterocycles. The van der Waals surface area contributed by atoms with Crippen molar-refractivity contribution < 1.29 is 14.1 Å². The lowest BCUT2D eigenvalue weighted by molar-refractivity contribution is -0.129. The van der Waals surface area contributed by atoms with Crippen LogP contribution in [0.1, 0.15) is 41.9 Å². The van der Waals surface area contributed by atoms with Crippen LogP contribution in [0.4, 0.5) is 5.82 Å². The van der Waals surface area contributed by atoms with E-state index in [0.29, 0.717) is 33.6 Å². The van der Waals surface area contributed by atoms with Gasteiger partial charge < -0.3 is 19.5 Å². The number of carbonyl (C=O) groups excluding carboxylic acids is 1. The average Bonchev–Trinajstić information content (AvgIpc) is 3.54. The lowest BCUT2D eigenvalue weighted by Gasteiger charge is -2.34. The number of benzene rings is 1. The fraction of sp³-hybridized carbons (Fsp3) is 0.348. The quantitative estimate of drug-likeness (QED) is 0.557. The number of nitrogens with zero attached hydrogens (tertiary/aromatic N) is 4. The highest BCUT2D eigenvalue weighted by Crippen LogP contribution is 2.41. The molecule has 2 aromatic heterocycles. The number of aryl methyl sites for hydroxylation is 1. The van der Waals surface area contributed by atoms with Gasteiger partial charge in [0, 0.05) is 25.8 Å².